The summed E-state index contributed by atoms with van der Waals surface area (Å²) < 4.78 is 0. The van der Waals surface area contributed by atoms with Crippen molar-refractivity contribution in [2.24, 2.45) is 0 Å². The third-order valence-electron chi connectivity index (χ3n) is 4.02. The number of benzene rings is 1. The summed E-state index contributed by atoms with van der Waals surface area (Å²) in [5.74, 6) is -1.12. The molecule has 0 spiro atoms. The van der Waals surface area contributed by atoms with Crippen LogP contribution in [0.3, 0.4) is 0 Å². The lowest BCUT2D eigenvalue weighted by Gasteiger charge is -2.23. The first-order valence-corrected chi connectivity index (χ1v) is 9.50. The summed E-state index contributed by atoms with van der Waals surface area (Å²) in [6, 6.07) is 5.10. The molecule has 1 aromatic heterocycles. The van der Waals surface area contributed by atoms with Crippen LogP contribution in [-0.4, -0.2) is 27.5 Å². The fourth-order valence-corrected chi connectivity index (χ4v) is 3.46. The number of aromatic nitrogens is 2. The van der Waals surface area contributed by atoms with E-state index in [4.69, 9.17) is 11.6 Å². The molecule has 0 aliphatic carbocycles. The van der Waals surface area contributed by atoms with Gasteiger partial charge in [0.15, 0.2) is 5.16 Å². The molecule has 0 saturated heterocycles. The maximum Gasteiger partial charge on any atom is 0.257 e. The molecule has 0 fully saturated rings. The number of halogens is 1. The minimum atomic E-state index is -0.941. The maximum atomic E-state index is 12.7. The van der Waals surface area contributed by atoms with Crippen molar-refractivity contribution in [3.8, 4) is 0 Å². The molecule has 1 unspecified atom stereocenters. The summed E-state index contributed by atoms with van der Waals surface area (Å²) in [6.07, 6.45) is 1.54. The zero-order valence-electron chi connectivity index (χ0n) is 14.5. The van der Waals surface area contributed by atoms with Gasteiger partial charge in [0.05, 0.1) is 11.5 Å². The van der Waals surface area contributed by atoms with Gasteiger partial charge in [-0.2, -0.15) is 0 Å². The SMILES string of the molecule is C=CCSc1nc2c(c(=O)[nH]1)C(C(=O)Nc1ccc(C)c(Cl)c1)CC(=O)N2. The van der Waals surface area contributed by atoms with Crippen molar-refractivity contribution in [3.63, 3.8) is 0 Å². The van der Waals surface area contributed by atoms with Crippen LogP contribution in [0, 0.1) is 6.92 Å². The van der Waals surface area contributed by atoms with E-state index in [1.165, 1.54) is 11.8 Å². The van der Waals surface area contributed by atoms with Gasteiger partial charge in [0.25, 0.3) is 5.56 Å². The van der Waals surface area contributed by atoms with Gasteiger partial charge in [-0.25, -0.2) is 4.98 Å². The molecular formula is C18H17ClN4O3S. The van der Waals surface area contributed by atoms with Gasteiger partial charge in [-0.05, 0) is 24.6 Å². The Bertz CT molecular complexity index is 989. The van der Waals surface area contributed by atoms with Crippen LogP contribution in [0.2, 0.25) is 5.02 Å². The third-order valence-corrected chi connectivity index (χ3v) is 5.30. The molecule has 7 nitrogen and oxygen atoms in total. The average Bonchev–Trinajstić information content (AvgIpc) is 2.62. The molecule has 27 heavy (non-hydrogen) atoms. The molecule has 3 N–H and O–H groups in total. The smallest absolute Gasteiger partial charge is 0.257 e. The first-order valence-electron chi connectivity index (χ1n) is 8.14. The number of hydrogen-bond donors (Lipinski definition) is 3. The lowest BCUT2D eigenvalue weighted by atomic mass is 9.92. The molecule has 9 heteroatoms. The van der Waals surface area contributed by atoms with Crippen molar-refractivity contribution in [1.82, 2.24) is 9.97 Å². The van der Waals surface area contributed by atoms with Gasteiger partial charge in [-0.3, -0.25) is 14.4 Å². The summed E-state index contributed by atoms with van der Waals surface area (Å²) in [6.45, 7) is 5.46. The molecule has 140 valence electrons. The fraction of sp³-hybridized carbons (Fsp3) is 0.222. The summed E-state index contributed by atoms with van der Waals surface area (Å²) in [7, 11) is 0. The minimum absolute atomic E-state index is 0.114. The molecule has 2 aromatic rings. The van der Waals surface area contributed by atoms with Crippen LogP contribution >= 0.6 is 23.4 Å². The normalized spacial score (nSPS) is 15.6. The Kier molecular flexibility index (Phi) is 5.67. The molecule has 1 atom stereocenters. The number of rotatable bonds is 5. The highest BCUT2D eigenvalue weighted by Gasteiger charge is 2.34. The first-order chi connectivity index (χ1) is 12.9. The largest absolute Gasteiger partial charge is 0.325 e. The van der Waals surface area contributed by atoms with Crippen molar-refractivity contribution in [2.45, 2.75) is 24.4 Å². The summed E-state index contributed by atoms with van der Waals surface area (Å²) in [4.78, 5) is 44.2. The van der Waals surface area contributed by atoms with E-state index in [1.807, 2.05) is 6.92 Å². The maximum absolute atomic E-state index is 12.7. The molecule has 0 saturated carbocycles. The quantitative estimate of drug-likeness (QED) is 0.403. The number of aromatic amines is 1. The van der Waals surface area contributed by atoms with Crippen LogP contribution < -0.4 is 16.2 Å². The van der Waals surface area contributed by atoms with Crippen molar-refractivity contribution in [3.05, 3.63) is 57.4 Å². The lowest BCUT2D eigenvalue weighted by Crippen LogP contribution is -2.36. The molecule has 0 bridgehead atoms. The van der Waals surface area contributed by atoms with Crippen LogP contribution in [0.25, 0.3) is 0 Å². The van der Waals surface area contributed by atoms with E-state index >= 15 is 0 Å². The van der Waals surface area contributed by atoms with E-state index in [0.717, 1.165) is 5.56 Å². The molecule has 2 heterocycles. The van der Waals surface area contributed by atoms with Crippen molar-refractivity contribution in [2.75, 3.05) is 16.4 Å². The molecule has 1 aromatic carbocycles. The first kappa shape index (κ1) is 19.2. The van der Waals surface area contributed by atoms with Crippen molar-refractivity contribution < 1.29 is 9.59 Å². The molecule has 3 rings (SSSR count). The minimum Gasteiger partial charge on any atom is -0.325 e. The molecule has 1 aliphatic heterocycles. The number of anilines is 2. The predicted octanol–water partition coefficient (Wildman–Crippen LogP) is 3.07. The third kappa shape index (κ3) is 4.23. The highest BCUT2D eigenvalue weighted by Crippen LogP contribution is 2.30. The van der Waals surface area contributed by atoms with Crippen LogP contribution in [-0.2, 0) is 9.59 Å². The number of fused-ring (bicyclic) bond motifs is 1. The summed E-state index contributed by atoms with van der Waals surface area (Å²) >= 11 is 7.35. The van der Waals surface area contributed by atoms with Crippen LogP contribution in [0.4, 0.5) is 11.5 Å². The Morgan fingerprint density at radius 3 is 2.96 bits per heavy atom. The number of aryl methyl sites for hydroxylation is 1. The number of H-pyrrole nitrogens is 1. The molecule has 2 amide bonds. The van der Waals surface area contributed by atoms with E-state index in [-0.39, 0.29) is 23.7 Å². The topological polar surface area (TPSA) is 104 Å². The highest BCUT2D eigenvalue weighted by molar-refractivity contribution is 7.99. The Morgan fingerprint density at radius 1 is 1.48 bits per heavy atom. The predicted molar refractivity (Wildman–Crippen MR) is 107 cm³/mol. The number of nitrogens with one attached hydrogen (secondary N) is 3. The van der Waals surface area contributed by atoms with Crippen molar-refractivity contribution in [1.29, 1.82) is 0 Å². The van der Waals surface area contributed by atoms with Crippen LogP contribution in [0.5, 0.6) is 0 Å². The van der Waals surface area contributed by atoms with E-state index in [0.29, 0.717) is 21.6 Å². The number of carbonyl (C=O) groups is 2. The number of carbonyl (C=O) groups excluding carboxylic acids is 2. The summed E-state index contributed by atoms with van der Waals surface area (Å²) in [5, 5.41) is 6.15. The Labute approximate surface area is 164 Å². The van der Waals surface area contributed by atoms with E-state index in [2.05, 4.69) is 27.2 Å². The van der Waals surface area contributed by atoms with Gasteiger partial charge >= 0.3 is 0 Å². The number of amides is 2. The van der Waals surface area contributed by atoms with Crippen LogP contribution in [0.1, 0.15) is 23.5 Å². The molecule has 0 radical (unpaired) electrons. The second kappa shape index (κ2) is 7.98. The van der Waals surface area contributed by atoms with E-state index in [9.17, 15) is 14.4 Å². The monoisotopic (exact) mass is 404 g/mol. The van der Waals surface area contributed by atoms with E-state index in [1.54, 1.807) is 24.3 Å². The van der Waals surface area contributed by atoms with Gasteiger partial charge in [-0.1, -0.05) is 35.5 Å². The Balaban J connectivity index is 1.91. The lowest BCUT2D eigenvalue weighted by molar-refractivity contribution is -0.123. The van der Waals surface area contributed by atoms with Gasteiger partial charge in [0, 0.05) is 22.9 Å². The summed E-state index contributed by atoms with van der Waals surface area (Å²) in [5.41, 5.74) is 1.06. The van der Waals surface area contributed by atoms with Crippen molar-refractivity contribution >= 4 is 46.7 Å². The Hall–Kier alpha value is -2.58. The second-order valence-electron chi connectivity index (χ2n) is 5.99. The fourth-order valence-electron chi connectivity index (χ4n) is 2.68. The van der Waals surface area contributed by atoms with Gasteiger partial charge in [-0.15, -0.1) is 6.58 Å². The number of thioether (sulfide) groups is 1. The van der Waals surface area contributed by atoms with Gasteiger partial charge in [0.2, 0.25) is 11.8 Å². The standard InChI is InChI=1S/C18H17ClN4O3S/c1-3-6-27-18-22-15-14(17(26)23-18)11(8-13(24)21-15)16(25)20-10-5-4-9(2)12(19)7-10/h3-5,7,11H,1,6,8H2,2H3,(H,20,25)(H2,21,22,23,24,26). The zero-order chi connectivity index (χ0) is 19.6. The number of hydrogen-bond acceptors (Lipinski definition) is 5. The highest BCUT2D eigenvalue weighted by atomic mass is 35.5. The Morgan fingerprint density at radius 2 is 2.26 bits per heavy atom. The molecular weight excluding hydrogens is 388 g/mol. The van der Waals surface area contributed by atoms with Crippen LogP contribution in [0.15, 0.2) is 40.8 Å². The van der Waals surface area contributed by atoms with E-state index < -0.39 is 17.4 Å². The second-order valence-corrected chi connectivity index (χ2v) is 7.41. The number of nitrogens with zero attached hydrogens (tertiary/aromatic N) is 1. The average molecular weight is 405 g/mol. The molecule has 1 aliphatic rings. The van der Waals surface area contributed by atoms with Gasteiger partial charge in [0.1, 0.15) is 5.82 Å². The zero-order valence-corrected chi connectivity index (χ0v) is 16.0. The van der Waals surface area contributed by atoms with Gasteiger partial charge < -0.3 is 15.6 Å².